The van der Waals surface area contributed by atoms with Gasteiger partial charge < -0.3 is 5.32 Å². The Balaban J connectivity index is 2.36. The quantitative estimate of drug-likeness (QED) is 0.817. The summed E-state index contributed by atoms with van der Waals surface area (Å²) in [6.07, 6.45) is 0. The van der Waals surface area contributed by atoms with Crippen molar-refractivity contribution in [3.8, 4) is 0 Å². The first-order valence-corrected chi connectivity index (χ1v) is 6.47. The molecule has 0 unspecified atom stereocenters. The molecule has 1 amide bonds. The average Bonchev–Trinajstić information content (AvgIpc) is 2.36. The van der Waals surface area contributed by atoms with Crippen LogP contribution in [0.2, 0.25) is 5.02 Å². The second kappa shape index (κ2) is 5.85. The first kappa shape index (κ1) is 14.9. The Hall–Kier alpha value is -1.53. The van der Waals surface area contributed by atoms with Gasteiger partial charge in [-0.25, -0.2) is 13.2 Å². The second-order valence-corrected chi connectivity index (χ2v) is 5.06. The number of carbonyl (C=O) groups excluding carboxylic acids is 1. The molecule has 0 saturated carbocycles. The van der Waals surface area contributed by atoms with Crippen LogP contribution in [-0.4, -0.2) is 5.91 Å². The highest BCUT2D eigenvalue weighted by atomic mass is 79.9. The third kappa shape index (κ3) is 2.96. The number of rotatable bonds is 2. The van der Waals surface area contributed by atoms with Crippen LogP contribution in [0.4, 0.5) is 18.9 Å². The van der Waals surface area contributed by atoms with Gasteiger partial charge in [0.15, 0.2) is 11.6 Å². The summed E-state index contributed by atoms with van der Waals surface area (Å²) in [5, 5.41) is 2.23. The SMILES string of the molecule is O=C(Nc1c(Cl)cc(F)cc1Br)c1cccc(F)c1F. The monoisotopic (exact) mass is 363 g/mol. The highest BCUT2D eigenvalue weighted by Crippen LogP contribution is 2.32. The van der Waals surface area contributed by atoms with Crippen LogP contribution in [0.15, 0.2) is 34.8 Å². The van der Waals surface area contributed by atoms with E-state index in [2.05, 4.69) is 21.2 Å². The van der Waals surface area contributed by atoms with Crippen LogP contribution in [-0.2, 0) is 0 Å². The molecule has 0 aliphatic rings. The van der Waals surface area contributed by atoms with E-state index < -0.39 is 28.9 Å². The van der Waals surface area contributed by atoms with E-state index >= 15 is 0 Å². The Bertz CT molecular complexity index is 670. The zero-order valence-electron chi connectivity index (χ0n) is 9.68. The highest BCUT2D eigenvalue weighted by molar-refractivity contribution is 9.10. The van der Waals surface area contributed by atoms with E-state index in [0.29, 0.717) is 0 Å². The van der Waals surface area contributed by atoms with Crippen molar-refractivity contribution in [1.29, 1.82) is 0 Å². The van der Waals surface area contributed by atoms with E-state index in [1.165, 1.54) is 6.07 Å². The zero-order chi connectivity index (χ0) is 14.9. The van der Waals surface area contributed by atoms with Crippen molar-refractivity contribution in [3.05, 3.63) is 62.8 Å². The molecule has 2 rings (SSSR count). The summed E-state index contributed by atoms with van der Waals surface area (Å²) in [6, 6.07) is 5.30. The molecule has 7 heteroatoms. The van der Waals surface area contributed by atoms with Crippen LogP contribution in [0.5, 0.6) is 0 Å². The number of benzene rings is 2. The molecule has 0 saturated heterocycles. The van der Waals surface area contributed by atoms with Crippen LogP contribution >= 0.6 is 27.5 Å². The number of halogens is 5. The average molecular weight is 365 g/mol. The van der Waals surface area contributed by atoms with Crippen LogP contribution in [0, 0.1) is 17.5 Å². The Morgan fingerprint density at radius 1 is 1.20 bits per heavy atom. The van der Waals surface area contributed by atoms with E-state index in [-0.39, 0.29) is 15.2 Å². The van der Waals surface area contributed by atoms with Crippen molar-refractivity contribution in [2.45, 2.75) is 0 Å². The third-order valence-electron chi connectivity index (χ3n) is 2.44. The van der Waals surface area contributed by atoms with E-state index in [0.717, 1.165) is 24.3 Å². The van der Waals surface area contributed by atoms with Crippen molar-refractivity contribution in [2.24, 2.45) is 0 Å². The summed E-state index contributed by atoms with van der Waals surface area (Å²) < 4.78 is 39.8. The van der Waals surface area contributed by atoms with Gasteiger partial charge in [0.1, 0.15) is 5.82 Å². The van der Waals surface area contributed by atoms with Crippen molar-refractivity contribution in [3.63, 3.8) is 0 Å². The van der Waals surface area contributed by atoms with E-state index in [1.807, 2.05) is 0 Å². The highest BCUT2D eigenvalue weighted by Gasteiger charge is 2.17. The Morgan fingerprint density at radius 2 is 1.90 bits per heavy atom. The summed E-state index contributed by atoms with van der Waals surface area (Å²) in [6.45, 7) is 0. The fourth-order valence-corrected chi connectivity index (χ4v) is 2.42. The van der Waals surface area contributed by atoms with Gasteiger partial charge in [0, 0.05) is 4.47 Å². The Kier molecular flexibility index (Phi) is 4.35. The topological polar surface area (TPSA) is 29.1 Å². The number of hydrogen-bond acceptors (Lipinski definition) is 1. The predicted molar refractivity (Wildman–Crippen MR) is 73.4 cm³/mol. The van der Waals surface area contributed by atoms with Crippen LogP contribution in [0.25, 0.3) is 0 Å². The van der Waals surface area contributed by atoms with Gasteiger partial charge in [0.05, 0.1) is 16.3 Å². The molecule has 2 nitrogen and oxygen atoms in total. The zero-order valence-corrected chi connectivity index (χ0v) is 12.0. The predicted octanol–water partition coefficient (Wildman–Crippen LogP) is 4.77. The minimum atomic E-state index is -1.26. The lowest BCUT2D eigenvalue weighted by molar-refractivity contribution is 0.102. The van der Waals surface area contributed by atoms with Gasteiger partial charge in [-0.15, -0.1) is 0 Å². The normalized spacial score (nSPS) is 10.4. The molecule has 2 aromatic carbocycles. The minimum Gasteiger partial charge on any atom is -0.320 e. The molecule has 0 bridgehead atoms. The van der Waals surface area contributed by atoms with Crippen LogP contribution in [0.1, 0.15) is 10.4 Å². The van der Waals surface area contributed by atoms with E-state index in [1.54, 1.807) is 0 Å². The third-order valence-corrected chi connectivity index (χ3v) is 3.37. The largest absolute Gasteiger partial charge is 0.320 e. The lowest BCUT2D eigenvalue weighted by Gasteiger charge is -2.10. The molecule has 0 spiro atoms. The fraction of sp³-hybridized carbons (Fsp3) is 0. The number of hydrogen-bond donors (Lipinski definition) is 1. The smallest absolute Gasteiger partial charge is 0.258 e. The van der Waals surface area contributed by atoms with Crippen LogP contribution in [0.3, 0.4) is 0 Å². The lowest BCUT2D eigenvalue weighted by atomic mass is 10.2. The fourth-order valence-electron chi connectivity index (χ4n) is 1.52. The number of nitrogens with one attached hydrogen (secondary N) is 1. The standard InChI is InChI=1S/C13H6BrClF3NO/c14-8-4-6(16)5-9(15)12(8)19-13(20)7-2-1-3-10(17)11(7)18/h1-5H,(H,19,20). The van der Waals surface area contributed by atoms with Gasteiger partial charge in [-0.05, 0) is 40.2 Å². The molecule has 0 aliphatic heterocycles. The minimum absolute atomic E-state index is 0.0676. The molecule has 0 atom stereocenters. The van der Waals surface area contributed by atoms with E-state index in [4.69, 9.17) is 11.6 Å². The molecule has 0 fully saturated rings. The maximum atomic E-state index is 13.5. The van der Waals surface area contributed by atoms with Gasteiger partial charge in [0.2, 0.25) is 0 Å². The maximum Gasteiger partial charge on any atom is 0.258 e. The molecule has 2 aromatic rings. The van der Waals surface area contributed by atoms with Gasteiger partial charge in [-0.3, -0.25) is 4.79 Å². The molecule has 104 valence electrons. The summed E-state index contributed by atoms with van der Waals surface area (Å²) in [7, 11) is 0. The summed E-state index contributed by atoms with van der Waals surface area (Å²) in [5.74, 6) is -3.89. The Labute approximate surface area is 125 Å². The molecule has 20 heavy (non-hydrogen) atoms. The number of amides is 1. The van der Waals surface area contributed by atoms with Crippen molar-refractivity contribution < 1.29 is 18.0 Å². The molecule has 0 aliphatic carbocycles. The maximum absolute atomic E-state index is 13.5. The lowest BCUT2D eigenvalue weighted by Crippen LogP contribution is -2.15. The van der Waals surface area contributed by atoms with Gasteiger partial charge >= 0.3 is 0 Å². The summed E-state index contributed by atoms with van der Waals surface area (Å²) in [4.78, 5) is 11.9. The molecule has 0 radical (unpaired) electrons. The van der Waals surface area contributed by atoms with E-state index in [9.17, 15) is 18.0 Å². The number of anilines is 1. The van der Waals surface area contributed by atoms with Crippen molar-refractivity contribution in [1.82, 2.24) is 0 Å². The van der Waals surface area contributed by atoms with Crippen LogP contribution < -0.4 is 5.32 Å². The first-order chi connectivity index (χ1) is 9.40. The van der Waals surface area contributed by atoms with Crippen molar-refractivity contribution in [2.75, 3.05) is 5.32 Å². The van der Waals surface area contributed by atoms with Gasteiger partial charge in [-0.1, -0.05) is 17.7 Å². The molecular weight excluding hydrogens is 359 g/mol. The van der Waals surface area contributed by atoms with Gasteiger partial charge in [-0.2, -0.15) is 0 Å². The first-order valence-electron chi connectivity index (χ1n) is 5.30. The molecule has 0 heterocycles. The molecule has 1 N–H and O–H groups in total. The number of carbonyl (C=O) groups is 1. The Morgan fingerprint density at radius 3 is 2.55 bits per heavy atom. The summed E-state index contributed by atoms with van der Waals surface area (Å²) in [5.41, 5.74) is -0.404. The summed E-state index contributed by atoms with van der Waals surface area (Å²) >= 11 is 8.81. The van der Waals surface area contributed by atoms with Crippen molar-refractivity contribution >= 4 is 39.1 Å². The second-order valence-electron chi connectivity index (χ2n) is 3.80. The molecular formula is C13H6BrClF3NO. The van der Waals surface area contributed by atoms with Gasteiger partial charge in [0.25, 0.3) is 5.91 Å². The molecule has 0 aromatic heterocycles.